The summed E-state index contributed by atoms with van der Waals surface area (Å²) in [7, 11) is 1.48. The molecule has 1 amide bonds. The number of amides is 1. The highest BCUT2D eigenvalue weighted by Crippen LogP contribution is 2.33. The highest BCUT2D eigenvalue weighted by molar-refractivity contribution is 6.42. The molecule has 3 aromatic rings. The molecule has 3 rings (SSSR count). The van der Waals surface area contributed by atoms with Crippen molar-refractivity contribution in [3.05, 3.63) is 70.0 Å². The number of nitrogens with zero attached hydrogens (tertiary/aromatic N) is 2. The molecule has 0 unspecified atom stereocenters. The van der Waals surface area contributed by atoms with Crippen LogP contribution in [0.15, 0.2) is 48.7 Å². The third-order valence-corrected chi connectivity index (χ3v) is 4.45. The summed E-state index contributed by atoms with van der Waals surface area (Å²) >= 11 is 12.0. The molecule has 0 aliphatic rings. The topological polar surface area (TPSA) is 46.9 Å². The normalized spacial score (nSPS) is 11.0. The second kappa shape index (κ2) is 7.43. The maximum absolute atomic E-state index is 13.1. The minimum Gasteiger partial charge on any atom is -0.321 e. The van der Waals surface area contributed by atoms with Gasteiger partial charge in [-0.3, -0.25) is 9.48 Å². The van der Waals surface area contributed by atoms with E-state index in [1.54, 1.807) is 42.5 Å². The zero-order valence-corrected chi connectivity index (χ0v) is 15.0. The highest BCUT2D eigenvalue weighted by Gasteiger charge is 2.23. The van der Waals surface area contributed by atoms with Crippen LogP contribution in [0.5, 0.6) is 0 Å². The Morgan fingerprint density at radius 1 is 1.15 bits per heavy atom. The van der Waals surface area contributed by atoms with Crippen molar-refractivity contribution in [3.8, 4) is 11.1 Å². The second-order valence-electron chi connectivity index (χ2n) is 5.53. The number of aryl methyl sites for hydroxylation is 1. The Hall–Kier alpha value is -2.44. The van der Waals surface area contributed by atoms with Crippen molar-refractivity contribution in [2.45, 2.75) is 6.43 Å². The third kappa shape index (κ3) is 3.71. The van der Waals surface area contributed by atoms with Gasteiger partial charge in [-0.2, -0.15) is 5.10 Å². The molecule has 4 nitrogen and oxygen atoms in total. The number of halogens is 4. The lowest BCUT2D eigenvalue weighted by Gasteiger charge is -2.12. The standard InChI is InChI=1S/C18H13Cl2F2N3O/c1-25-9-12(16(24-25)17(21)22)18(26)23-15-5-3-2-4-11(15)10-6-7-13(19)14(20)8-10/h2-9,17H,1H3,(H,23,26). The average molecular weight is 396 g/mol. The first-order chi connectivity index (χ1) is 12.4. The predicted molar refractivity (Wildman–Crippen MR) is 98.0 cm³/mol. The van der Waals surface area contributed by atoms with Crippen molar-refractivity contribution in [3.63, 3.8) is 0 Å². The van der Waals surface area contributed by atoms with E-state index in [0.717, 1.165) is 5.56 Å². The molecule has 0 radical (unpaired) electrons. The number of carbonyl (C=O) groups is 1. The molecule has 0 fully saturated rings. The first-order valence-corrected chi connectivity index (χ1v) is 8.30. The van der Waals surface area contributed by atoms with Crippen LogP contribution >= 0.6 is 23.2 Å². The molecular formula is C18H13Cl2F2N3O. The van der Waals surface area contributed by atoms with Crippen LogP contribution < -0.4 is 5.32 Å². The van der Waals surface area contributed by atoms with E-state index in [9.17, 15) is 13.6 Å². The van der Waals surface area contributed by atoms with Crippen molar-refractivity contribution in [2.24, 2.45) is 7.05 Å². The van der Waals surface area contributed by atoms with Gasteiger partial charge in [0.2, 0.25) is 0 Å². The Morgan fingerprint density at radius 2 is 1.88 bits per heavy atom. The largest absolute Gasteiger partial charge is 0.321 e. The molecule has 1 heterocycles. The number of benzene rings is 2. The minimum absolute atomic E-state index is 0.175. The van der Waals surface area contributed by atoms with Crippen LogP contribution in [0.3, 0.4) is 0 Å². The summed E-state index contributed by atoms with van der Waals surface area (Å²) < 4.78 is 27.3. The van der Waals surface area contributed by atoms with Gasteiger partial charge in [-0.15, -0.1) is 0 Å². The lowest BCUT2D eigenvalue weighted by molar-refractivity contribution is 0.101. The molecule has 0 aliphatic carbocycles. The van der Waals surface area contributed by atoms with Gasteiger partial charge < -0.3 is 5.32 Å². The van der Waals surface area contributed by atoms with Gasteiger partial charge in [0.25, 0.3) is 12.3 Å². The predicted octanol–water partition coefficient (Wildman–Crippen LogP) is 5.58. The fourth-order valence-corrected chi connectivity index (χ4v) is 2.84. The van der Waals surface area contributed by atoms with E-state index in [4.69, 9.17) is 23.2 Å². The van der Waals surface area contributed by atoms with Crippen molar-refractivity contribution < 1.29 is 13.6 Å². The van der Waals surface area contributed by atoms with Crippen LogP contribution in [0.4, 0.5) is 14.5 Å². The van der Waals surface area contributed by atoms with Gasteiger partial charge in [-0.1, -0.05) is 47.5 Å². The molecular weight excluding hydrogens is 383 g/mol. The van der Waals surface area contributed by atoms with Gasteiger partial charge in [0.05, 0.1) is 15.6 Å². The smallest absolute Gasteiger partial charge is 0.282 e. The molecule has 1 aromatic heterocycles. The van der Waals surface area contributed by atoms with E-state index >= 15 is 0 Å². The lowest BCUT2D eigenvalue weighted by Crippen LogP contribution is -2.14. The van der Waals surface area contributed by atoms with Gasteiger partial charge >= 0.3 is 0 Å². The molecule has 0 saturated heterocycles. The molecule has 0 bridgehead atoms. The highest BCUT2D eigenvalue weighted by atomic mass is 35.5. The van der Waals surface area contributed by atoms with Crippen molar-refractivity contribution >= 4 is 34.8 Å². The van der Waals surface area contributed by atoms with E-state index < -0.39 is 18.0 Å². The van der Waals surface area contributed by atoms with Gasteiger partial charge in [0.1, 0.15) is 5.69 Å². The zero-order chi connectivity index (χ0) is 18.8. The lowest BCUT2D eigenvalue weighted by atomic mass is 10.0. The first kappa shape index (κ1) is 18.4. The molecule has 0 spiro atoms. The Labute approximate surface area is 158 Å². The van der Waals surface area contributed by atoms with Crippen molar-refractivity contribution in [1.29, 1.82) is 0 Å². The van der Waals surface area contributed by atoms with Crippen molar-refractivity contribution in [1.82, 2.24) is 9.78 Å². The summed E-state index contributed by atoms with van der Waals surface area (Å²) in [6, 6.07) is 12.1. The Kier molecular flexibility index (Phi) is 5.25. The maximum atomic E-state index is 13.1. The Morgan fingerprint density at radius 3 is 2.58 bits per heavy atom. The number of rotatable bonds is 4. The van der Waals surface area contributed by atoms with Crippen LogP contribution in [0.1, 0.15) is 22.5 Å². The number of aromatic nitrogens is 2. The fraction of sp³-hybridized carbons (Fsp3) is 0.111. The van der Waals surface area contributed by atoms with Crippen LogP contribution in [-0.4, -0.2) is 15.7 Å². The van der Waals surface area contributed by atoms with Crippen molar-refractivity contribution in [2.75, 3.05) is 5.32 Å². The summed E-state index contributed by atoms with van der Waals surface area (Å²) in [4.78, 5) is 12.5. The second-order valence-corrected chi connectivity index (χ2v) is 6.35. The summed E-state index contributed by atoms with van der Waals surface area (Å²) in [5.74, 6) is -0.666. The molecule has 8 heteroatoms. The summed E-state index contributed by atoms with van der Waals surface area (Å²) in [5.41, 5.74) is 1.14. The molecule has 1 N–H and O–H groups in total. The third-order valence-electron chi connectivity index (χ3n) is 3.71. The molecule has 26 heavy (non-hydrogen) atoms. The number of para-hydroxylation sites is 1. The maximum Gasteiger partial charge on any atom is 0.282 e. The van der Waals surface area contributed by atoms with E-state index in [2.05, 4.69) is 10.4 Å². The molecule has 0 atom stereocenters. The number of alkyl halides is 2. The van der Waals surface area contributed by atoms with Crippen LogP contribution in [-0.2, 0) is 7.05 Å². The van der Waals surface area contributed by atoms with Crippen LogP contribution in [0.2, 0.25) is 10.0 Å². The average Bonchev–Trinajstić information content (AvgIpc) is 3.00. The van der Waals surface area contributed by atoms with Gasteiger partial charge in [0, 0.05) is 24.5 Å². The number of anilines is 1. The quantitative estimate of drug-likeness (QED) is 0.626. The van der Waals surface area contributed by atoms with Gasteiger partial charge in [-0.05, 0) is 23.8 Å². The van der Waals surface area contributed by atoms with E-state index in [0.29, 0.717) is 21.3 Å². The van der Waals surface area contributed by atoms with E-state index in [1.165, 1.54) is 17.9 Å². The van der Waals surface area contributed by atoms with Crippen LogP contribution in [0, 0.1) is 0 Å². The van der Waals surface area contributed by atoms with Crippen LogP contribution in [0.25, 0.3) is 11.1 Å². The SMILES string of the molecule is Cn1cc(C(=O)Nc2ccccc2-c2ccc(Cl)c(Cl)c2)c(C(F)F)n1. The number of hydrogen-bond donors (Lipinski definition) is 1. The van der Waals surface area contributed by atoms with Gasteiger partial charge in [0.15, 0.2) is 0 Å². The van der Waals surface area contributed by atoms with E-state index in [-0.39, 0.29) is 5.56 Å². The first-order valence-electron chi connectivity index (χ1n) is 7.54. The summed E-state index contributed by atoms with van der Waals surface area (Å²) in [6.07, 6.45) is -1.58. The monoisotopic (exact) mass is 395 g/mol. The number of nitrogens with one attached hydrogen (secondary N) is 1. The Bertz CT molecular complexity index is 973. The molecule has 134 valence electrons. The number of hydrogen-bond acceptors (Lipinski definition) is 2. The zero-order valence-electron chi connectivity index (χ0n) is 13.5. The van der Waals surface area contributed by atoms with Gasteiger partial charge in [-0.25, -0.2) is 8.78 Å². The molecule has 0 saturated carbocycles. The molecule has 0 aliphatic heterocycles. The summed E-state index contributed by atoms with van der Waals surface area (Å²) in [6.45, 7) is 0. The fourth-order valence-electron chi connectivity index (χ4n) is 2.54. The molecule has 2 aromatic carbocycles. The minimum atomic E-state index is -2.85. The summed E-state index contributed by atoms with van der Waals surface area (Å²) in [5, 5.41) is 7.10. The number of carbonyl (C=O) groups excluding carboxylic acids is 1. The van der Waals surface area contributed by atoms with E-state index in [1.807, 2.05) is 0 Å². The Balaban J connectivity index is 1.96.